The summed E-state index contributed by atoms with van der Waals surface area (Å²) < 4.78 is 26.1. The van der Waals surface area contributed by atoms with Gasteiger partial charge in [0.2, 0.25) is 0 Å². The number of oxime groups is 1. The average Bonchev–Trinajstić information content (AvgIpc) is 2.60. The van der Waals surface area contributed by atoms with Crippen LogP contribution in [0.4, 0.5) is 4.39 Å². The lowest BCUT2D eigenvalue weighted by atomic mass is 10.1. The van der Waals surface area contributed by atoms with Crippen LogP contribution < -0.4 is 9.47 Å². The van der Waals surface area contributed by atoms with Crippen molar-refractivity contribution in [3.63, 3.8) is 0 Å². The van der Waals surface area contributed by atoms with Gasteiger partial charge in [0, 0.05) is 5.56 Å². The highest BCUT2D eigenvalue weighted by Gasteiger charge is 2.17. The van der Waals surface area contributed by atoms with Crippen molar-refractivity contribution in [2.45, 2.75) is 53.4 Å². The third-order valence-corrected chi connectivity index (χ3v) is 3.97. The second-order valence-corrected chi connectivity index (χ2v) is 7.26. The van der Waals surface area contributed by atoms with Gasteiger partial charge in [-0.05, 0) is 64.2 Å². The highest BCUT2D eigenvalue weighted by Crippen LogP contribution is 2.33. The number of hydrogen-bond acceptors (Lipinski definition) is 4. The molecule has 0 aromatic heterocycles. The minimum absolute atomic E-state index is 0.0878. The van der Waals surface area contributed by atoms with Crippen molar-refractivity contribution in [2.75, 3.05) is 19.8 Å². The zero-order chi connectivity index (χ0) is 20.2. The Morgan fingerprint density at radius 1 is 1.15 bits per heavy atom. The molecule has 0 fully saturated rings. The minimum Gasteiger partial charge on any atom is -0.493 e. The molecule has 0 heterocycles. The summed E-state index contributed by atoms with van der Waals surface area (Å²) in [6.45, 7) is 8.76. The average molecular weight is 420 g/mol. The Labute approximate surface area is 171 Å². The van der Waals surface area contributed by atoms with Crippen molar-refractivity contribution < 1.29 is 18.7 Å². The number of ether oxygens (including phenoxy) is 2. The summed E-state index contributed by atoms with van der Waals surface area (Å²) in [6, 6.07) is 1.64. The van der Waals surface area contributed by atoms with Crippen molar-refractivity contribution in [1.29, 1.82) is 0 Å². The van der Waals surface area contributed by atoms with Crippen LogP contribution in [0.15, 0.2) is 21.8 Å². The zero-order valence-electron chi connectivity index (χ0n) is 16.4. The van der Waals surface area contributed by atoms with E-state index in [1.165, 1.54) is 6.08 Å². The van der Waals surface area contributed by atoms with Gasteiger partial charge in [-0.3, -0.25) is 0 Å². The third kappa shape index (κ3) is 8.85. The first-order valence-corrected chi connectivity index (χ1v) is 9.84. The Hall–Kier alpha value is -1.46. The van der Waals surface area contributed by atoms with Crippen molar-refractivity contribution >= 4 is 28.9 Å². The maximum absolute atomic E-state index is 14.7. The van der Waals surface area contributed by atoms with E-state index in [9.17, 15) is 4.39 Å². The molecule has 0 radical (unpaired) electrons. The van der Waals surface area contributed by atoms with Crippen LogP contribution in [0.5, 0.6) is 11.5 Å². The molecule has 1 aromatic carbocycles. The minimum atomic E-state index is -0.404. The lowest BCUT2D eigenvalue weighted by Gasteiger charge is -2.17. The number of hydrogen-bond donors (Lipinski definition) is 0. The standard InChI is InChI=1S/C20H28Cl2FNO3/c1-5-16-19(23)17(25-12-9-18(21)22)13-15(4)20(16)26-10-7-6-8-11-27-24-14(2)3/h9,13H,5-8,10-12H2,1-4H3. The van der Waals surface area contributed by atoms with Crippen LogP contribution in [0.25, 0.3) is 0 Å². The first-order valence-electron chi connectivity index (χ1n) is 9.08. The van der Waals surface area contributed by atoms with Crippen LogP contribution in [-0.2, 0) is 11.3 Å². The molecule has 0 amide bonds. The lowest BCUT2D eigenvalue weighted by Crippen LogP contribution is -2.06. The van der Waals surface area contributed by atoms with Crippen LogP contribution in [0.1, 0.15) is 51.2 Å². The highest BCUT2D eigenvalue weighted by atomic mass is 35.5. The number of halogens is 3. The first-order chi connectivity index (χ1) is 12.9. The van der Waals surface area contributed by atoms with Crippen molar-refractivity contribution in [3.05, 3.63) is 33.6 Å². The van der Waals surface area contributed by atoms with E-state index in [2.05, 4.69) is 5.16 Å². The van der Waals surface area contributed by atoms with Gasteiger partial charge in [-0.2, -0.15) is 0 Å². The van der Waals surface area contributed by atoms with Crippen molar-refractivity contribution in [3.8, 4) is 11.5 Å². The van der Waals surface area contributed by atoms with Crippen LogP contribution in [0.3, 0.4) is 0 Å². The molecule has 7 heteroatoms. The fourth-order valence-corrected chi connectivity index (χ4v) is 2.55. The maximum atomic E-state index is 14.7. The van der Waals surface area contributed by atoms with E-state index in [0.717, 1.165) is 30.5 Å². The predicted molar refractivity (Wildman–Crippen MR) is 110 cm³/mol. The van der Waals surface area contributed by atoms with E-state index in [1.54, 1.807) is 6.07 Å². The van der Waals surface area contributed by atoms with Gasteiger partial charge in [0.25, 0.3) is 0 Å². The molecule has 0 bridgehead atoms. The van der Waals surface area contributed by atoms with Crippen LogP contribution >= 0.6 is 23.2 Å². The SMILES string of the molecule is CCc1c(F)c(OCC=C(Cl)Cl)cc(C)c1OCCCCCON=C(C)C. The van der Waals surface area contributed by atoms with E-state index in [-0.39, 0.29) is 16.8 Å². The molecule has 0 aliphatic carbocycles. The molecule has 0 unspecified atom stereocenters. The van der Waals surface area contributed by atoms with Crippen LogP contribution in [0.2, 0.25) is 0 Å². The summed E-state index contributed by atoms with van der Waals surface area (Å²) >= 11 is 11.1. The third-order valence-electron chi connectivity index (χ3n) is 3.66. The van der Waals surface area contributed by atoms with E-state index >= 15 is 0 Å². The Kier molecular flexibility index (Phi) is 11.2. The molecule has 0 aliphatic heterocycles. The number of nitrogens with zero attached hydrogens (tertiary/aromatic N) is 1. The molecular weight excluding hydrogens is 392 g/mol. The second kappa shape index (κ2) is 12.8. The van der Waals surface area contributed by atoms with Gasteiger partial charge in [0.15, 0.2) is 11.6 Å². The van der Waals surface area contributed by atoms with Gasteiger partial charge in [-0.25, -0.2) is 4.39 Å². The van der Waals surface area contributed by atoms with E-state index in [4.69, 9.17) is 37.5 Å². The molecule has 1 aromatic rings. The van der Waals surface area contributed by atoms with Crippen LogP contribution in [0, 0.1) is 12.7 Å². The molecule has 0 atom stereocenters. The number of unbranched alkanes of at least 4 members (excludes halogenated alkanes) is 2. The highest BCUT2D eigenvalue weighted by molar-refractivity contribution is 6.55. The summed E-state index contributed by atoms with van der Waals surface area (Å²) in [7, 11) is 0. The fourth-order valence-electron chi connectivity index (χ4n) is 2.42. The number of aryl methyl sites for hydroxylation is 1. The summed E-state index contributed by atoms with van der Waals surface area (Å²) in [6.07, 6.45) is 4.68. The number of rotatable bonds is 12. The van der Waals surface area contributed by atoms with Gasteiger partial charge in [0.1, 0.15) is 23.5 Å². The van der Waals surface area contributed by atoms with Gasteiger partial charge in [-0.15, -0.1) is 0 Å². The summed E-state index contributed by atoms with van der Waals surface area (Å²) in [5.41, 5.74) is 2.25. The van der Waals surface area contributed by atoms with E-state index in [0.29, 0.717) is 30.9 Å². The number of benzene rings is 1. The lowest BCUT2D eigenvalue weighted by molar-refractivity contribution is 0.138. The van der Waals surface area contributed by atoms with Gasteiger partial charge in [0.05, 0.1) is 12.3 Å². The topological polar surface area (TPSA) is 40.0 Å². The molecule has 0 saturated heterocycles. The predicted octanol–water partition coefficient (Wildman–Crippen LogP) is 6.36. The normalized spacial score (nSPS) is 10.3. The molecule has 27 heavy (non-hydrogen) atoms. The molecule has 0 N–H and O–H groups in total. The Morgan fingerprint density at radius 3 is 2.48 bits per heavy atom. The molecule has 4 nitrogen and oxygen atoms in total. The monoisotopic (exact) mass is 419 g/mol. The summed E-state index contributed by atoms with van der Waals surface area (Å²) in [5, 5.41) is 3.89. The largest absolute Gasteiger partial charge is 0.493 e. The Bertz CT molecular complexity index is 655. The smallest absolute Gasteiger partial charge is 0.171 e. The second-order valence-electron chi connectivity index (χ2n) is 6.25. The van der Waals surface area contributed by atoms with Gasteiger partial charge >= 0.3 is 0 Å². The van der Waals surface area contributed by atoms with E-state index < -0.39 is 5.82 Å². The van der Waals surface area contributed by atoms with Crippen LogP contribution in [-0.4, -0.2) is 25.5 Å². The fraction of sp³-hybridized carbons (Fsp3) is 0.550. The van der Waals surface area contributed by atoms with E-state index in [1.807, 2.05) is 27.7 Å². The maximum Gasteiger partial charge on any atom is 0.171 e. The molecule has 0 saturated carbocycles. The zero-order valence-corrected chi connectivity index (χ0v) is 17.9. The first kappa shape index (κ1) is 23.6. The van der Waals surface area contributed by atoms with Gasteiger partial charge < -0.3 is 14.3 Å². The molecular formula is C20H28Cl2FNO3. The molecule has 0 aliphatic rings. The van der Waals surface area contributed by atoms with Crippen molar-refractivity contribution in [1.82, 2.24) is 0 Å². The molecule has 0 spiro atoms. The summed E-state index contributed by atoms with van der Waals surface area (Å²) in [4.78, 5) is 5.15. The molecule has 152 valence electrons. The Balaban J connectivity index is 2.58. The summed E-state index contributed by atoms with van der Waals surface area (Å²) in [5.74, 6) is 0.362. The van der Waals surface area contributed by atoms with Gasteiger partial charge in [-0.1, -0.05) is 35.3 Å². The van der Waals surface area contributed by atoms with Crippen molar-refractivity contribution in [2.24, 2.45) is 5.16 Å². The Morgan fingerprint density at radius 2 is 1.85 bits per heavy atom. The quantitative estimate of drug-likeness (QED) is 0.225. The molecule has 1 rings (SSSR count).